The molecule has 0 fully saturated rings. The van der Waals surface area contributed by atoms with E-state index in [2.05, 4.69) is 10.2 Å². The van der Waals surface area contributed by atoms with Crippen LogP contribution in [0.1, 0.15) is 48.2 Å². The Balaban J connectivity index is 1.38. The van der Waals surface area contributed by atoms with Gasteiger partial charge < -0.3 is 9.64 Å². The van der Waals surface area contributed by atoms with Crippen LogP contribution in [0.2, 0.25) is 0 Å². The van der Waals surface area contributed by atoms with E-state index in [4.69, 9.17) is 4.74 Å². The lowest BCUT2D eigenvalue weighted by atomic mass is 9.94. The van der Waals surface area contributed by atoms with Crippen molar-refractivity contribution in [3.8, 4) is 5.75 Å². The summed E-state index contributed by atoms with van der Waals surface area (Å²) in [6.45, 7) is 3.37. The number of ether oxygens (including phenoxy) is 1. The Labute approximate surface area is 155 Å². The number of para-hydroxylation sites is 1. The summed E-state index contributed by atoms with van der Waals surface area (Å²) in [4.78, 5) is 14.2. The third-order valence-electron chi connectivity index (χ3n) is 5.13. The van der Waals surface area contributed by atoms with Crippen LogP contribution in [0.25, 0.3) is 0 Å². The van der Waals surface area contributed by atoms with E-state index in [1.54, 1.807) is 4.90 Å². The lowest BCUT2D eigenvalue weighted by Gasteiger charge is -2.18. The molecule has 1 aliphatic carbocycles. The standard InChI is InChI=1S/C21H29N3O2/c1-16-8-3-6-11-20(16)26-15-7-14-24(2)21(25)13-12-19-17-9-4-5-10-18(17)22-23-19/h3,6,8,11H,4-5,7,9-10,12-15H2,1-2H3,(H,22,23). The molecule has 0 radical (unpaired) electrons. The molecule has 1 heterocycles. The fourth-order valence-electron chi connectivity index (χ4n) is 3.50. The van der Waals surface area contributed by atoms with Gasteiger partial charge in [-0.15, -0.1) is 0 Å². The number of carbonyl (C=O) groups is 1. The highest BCUT2D eigenvalue weighted by molar-refractivity contribution is 5.76. The Hall–Kier alpha value is -2.30. The normalized spacial score (nSPS) is 13.3. The number of aryl methyl sites for hydroxylation is 3. The molecule has 1 amide bonds. The molecule has 1 aromatic carbocycles. The molecule has 0 saturated carbocycles. The number of rotatable bonds is 8. The summed E-state index contributed by atoms with van der Waals surface area (Å²) in [5, 5.41) is 7.58. The molecule has 140 valence electrons. The molecule has 1 aromatic heterocycles. The van der Waals surface area contributed by atoms with Gasteiger partial charge in [0, 0.05) is 32.1 Å². The Morgan fingerprint density at radius 2 is 2.08 bits per heavy atom. The van der Waals surface area contributed by atoms with Gasteiger partial charge >= 0.3 is 0 Å². The van der Waals surface area contributed by atoms with Gasteiger partial charge in [-0.05, 0) is 56.2 Å². The van der Waals surface area contributed by atoms with Crippen LogP contribution in [-0.2, 0) is 24.1 Å². The second kappa shape index (κ2) is 8.88. The predicted molar refractivity (Wildman–Crippen MR) is 102 cm³/mol. The number of nitrogens with zero attached hydrogens (tertiary/aromatic N) is 2. The SMILES string of the molecule is Cc1ccccc1OCCCN(C)C(=O)CCc1n[nH]c2c1CCCC2. The molecule has 2 aromatic rings. The highest BCUT2D eigenvalue weighted by Gasteiger charge is 2.18. The molecule has 5 nitrogen and oxygen atoms in total. The van der Waals surface area contributed by atoms with Gasteiger partial charge in [0.25, 0.3) is 0 Å². The van der Waals surface area contributed by atoms with Crippen LogP contribution in [0, 0.1) is 6.92 Å². The minimum atomic E-state index is 0.174. The second-order valence-electron chi connectivity index (χ2n) is 7.12. The summed E-state index contributed by atoms with van der Waals surface area (Å²) in [7, 11) is 1.87. The van der Waals surface area contributed by atoms with E-state index in [0.717, 1.165) is 42.7 Å². The first-order valence-electron chi connectivity index (χ1n) is 9.62. The lowest BCUT2D eigenvalue weighted by molar-refractivity contribution is -0.129. The topological polar surface area (TPSA) is 58.2 Å². The van der Waals surface area contributed by atoms with Crippen molar-refractivity contribution >= 4 is 5.91 Å². The average Bonchev–Trinajstić information content (AvgIpc) is 3.07. The molecule has 0 bridgehead atoms. The zero-order valence-electron chi connectivity index (χ0n) is 15.9. The van der Waals surface area contributed by atoms with E-state index >= 15 is 0 Å². The number of H-pyrrole nitrogens is 1. The number of aromatic amines is 1. The van der Waals surface area contributed by atoms with Gasteiger partial charge in [0.1, 0.15) is 5.75 Å². The maximum atomic E-state index is 12.4. The largest absolute Gasteiger partial charge is 0.493 e. The van der Waals surface area contributed by atoms with E-state index in [9.17, 15) is 4.79 Å². The van der Waals surface area contributed by atoms with E-state index in [1.165, 1.54) is 24.1 Å². The molecule has 1 aliphatic rings. The first-order chi connectivity index (χ1) is 12.6. The first-order valence-corrected chi connectivity index (χ1v) is 9.62. The van der Waals surface area contributed by atoms with Crippen molar-refractivity contribution in [3.05, 3.63) is 46.8 Å². The quantitative estimate of drug-likeness (QED) is 0.738. The highest BCUT2D eigenvalue weighted by atomic mass is 16.5. The molecule has 1 N–H and O–H groups in total. The Morgan fingerprint density at radius 1 is 1.27 bits per heavy atom. The van der Waals surface area contributed by atoms with Gasteiger partial charge in [-0.2, -0.15) is 5.10 Å². The van der Waals surface area contributed by atoms with Crippen molar-refractivity contribution in [2.24, 2.45) is 0 Å². The maximum Gasteiger partial charge on any atom is 0.222 e. The summed E-state index contributed by atoms with van der Waals surface area (Å²) in [5.41, 5.74) is 4.86. The van der Waals surface area contributed by atoms with Crippen LogP contribution >= 0.6 is 0 Å². The molecule has 5 heteroatoms. The molecular weight excluding hydrogens is 326 g/mol. The number of amides is 1. The Kier molecular flexibility index (Phi) is 6.31. The first kappa shape index (κ1) is 18.5. The Bertz CT molecular complexity index is 739. The molecule has 26 heavy (non-hydrogen) atoms. The van der Waals surface area contributed by atoms with E-state index in [1.807, 2.05) is 38.2 Å². The predicted octanol–water partition coefficient (Wildman–Crippen LogP) is 3.46. The maximum absolute atomic E-state index is 12.4. The second-order valence-corrected chi connectivity index (χ2v) is 7.12. The molecule has 3 rings (SSSR count). The van der Waals surface area contributed by atoms with E-state index in [0.29, 0.717) is 19.6 Å². The van der Waals surface area contributed by atoms with Gasteiger partial charge in [0.2, 0.25) is 5.91 Å². The third kappa shape index (κ3) is 4.65. The fraction of sp³-hybridized carbons (Fsp3) is 0.524. The van der Waals surface area contributed by atoms with Gasteiger partial charge in [-0.25, -0.2) is 0 Å². The summed E-state index contributed by atoms with van der Waals surface area (Å²) in [5.74, 6) is 1.10. The van der Waals surface area contributed by atoms with Crippen molar-refractivity contribution in [1.29, 1.82) is 0 Å². The molecule has 0 aliphatic heterocycles. The minimum Gasteiger partial charge on any atom is -0.493 e. The summed E-state index contributed by atoms with van der Waals surface area (Å²) >= 11 is 0. The number of fused-ring (bicyclic) bond motifs is 1. The van der Waals surface area contributed by atoms with Crippen LogP contribution in [0.5, 0.6) is 5.75 Å². The van der Waals surface area contributed by atoms with Gasteiger partial charge in [-0.3, -0.25) is 9.89 Å². The number of hydrogen-bond acceptors (Lipinski definition) is 3. The molecule has 0 spiro atoms. The van der Waals surface area contributed by atoms with Crippen LogP contribution < -0.4 is 4.74 Å². The van der Waals surface area contributed by atoms with Crippen LogP contribution in [0.15, 0.2) is 24.3 Å². The van der Waals surface area contributed by atoms with E-state index < -0.39 is 0 Å². The van der Waals surface area contributed by atoms with Crippen LogP contribution in [0.4, 0.5) is 0 Å². The van der Waals surface area contributed by atoms with Crippen LogP contribution in [-0.4, -0.2) is 41.2 Å². The van der Waals surface area contributed by atoms with Crippen molar-refractivity contribution in [2.75, 3.05) is 20.2 Å². The lowest BCUT2D eigenvalue weighted by Crippen LogP contribution is -2.29. The number of carbonyl (C=O) groups excluding carboxylic acids is 1. The van der Waals surface area contributed by atoms with Crippen molar-refractivity contribution < 1.29 is 9.53 Å². The van der Waals surface area contributed by atoms with Gasteiger partial charge in [0.05, 0.1) is 12.3 Å². The smallest absolute Gasteiger partial charge is 0.222 e. The molecule has 0 atom stereocenters. The summed E-state index contributed by atoms with van der Waals surface area (Å²) in [6, 6.07) is 8.00. The van der Waals surface area contributed by atoms with Crippen molar-refractivity contribution in [2.45, 2.75) is 51.9 Å². The zero-order valence-corrected chi connectivity index (χ0v) is 15.9. The fourth-order valence-corrected chi connectivity index (χ4v) is 3.50. The number of benzene rings is 1. The zero-order chi connectivity index (χ0) is 18.4. The third-order valence-corrected chi connectivity index (χ3v) is 5.13. The number of nitrogens with one attached hydrogen (secondary N) is 1. The molecular formula is C21H29N3O2. The van der Waals surface area contributed by atoms with Gasteiger partial charge in [0.15, 0.2) is 0 Å². The highest BCUT2D eigenvalue weighted by Crippen LogP contribution is 2.23. The monoisotopic (exact) mass is 355 g/mol. The number of hydrogen-bond donors (Lipinski definition) is 1. The summed E-state index contributed by atoms with van der Waals surface area (Å²) in [6.07, 6.45) is 6.74. The van der Waals surface area contributed by atoms with E-state index in [-0.39, 0.29) is 5.91 Å². The number of aromatic nitrogens is 2. The molecule has 0 unspecified atom stereocenters. The minimum absolute atomic E-state index is 0.174. The summed E-state index contributed by atoms with van der Waals surface area (Å²) < 4.78 is 5.80. The average molecular weight is 355 g/mol. The van der Waals surface area contributed by atoms with Gasteiger partial charge in [-0.1, -0.05) is 18.2 Å². The van der Waals surface area contributed by atoms with Crippen molar-refractivity contribution in [3.63, 3.8) is 0 Å². The van der Waals surface area contributed by atoms with Crippen molar-refractivity contribution in [1.82, 2.24) is 15.1 Å². The van der Waals surface area contributed by atoms with Crippen LogP contribution in [0.3, 0.4) is 0 Å². The molecule has 0 saturated heterocycles. The Morgan fingerprint density at radius 3 is 2.92 bits per heavy atom.